The zero-order valence-corrected chi connectivity index (χ0v) is 7.77. The average Bonchev–Trinajstić information content (AvgIpc) is 2.53. The molecule has 3 heterocycles. The molecule has 0 aromatic carbocycles. The van der Waals surface area contributed by atoms with Gasteiger partial charge in [0.15, 0.2) is 11.2 Å². The maximum absolute atomic E-state index is 5.61. The van der Waals surface area contributed by atoms with Crippen LogP contribution in [0.3, 0.4) is 0 Å². The van der Waals surface area contributed by atoms with Gasteiger partial charge in [0.25, 0.3) is 0 Å². The highest BCUT2D eigenvalue weighted by atomic mass is 16.3. The minimum absolute atomic E-state index is 0.564. The second-order valence-corrected chi connectivity index (χ2v) is 3.33. The molecule has 5 heteroatoms. The van der Waals surface area contributed by atoms with Crippen molar-refractivity contribution in [2.75, 3.05) is 0 Å². The van der Waals surface area contributed by atoms with E-state index in [2.05, 4.69) is 9.97 Å². The van der Waals surface area contributed by atoms with Crippen molar-refractivity contribution in [1.29, 1.82) is 0 Å². The Hall–Kier alpha value is -1.77. The summed E-state index contributed by atoms with van der Waals surface area (Å²) in [6.45, 7) is 0. The Bertz CT molecular complexity index is 607. The van der Waals surface area contributed by atoms with Crippen LogP contribution in [0.1, 0.15) is 0 Å². The van der Waals surface area contributed by atoms with Crippen LogP contribution in [0.15, 0.2) is 28.9 Å². The van der Waals surface area contributed by atoms with E-state index in [1.54, 1.807) is 24.5 Å². The Morgan fingerprint density at radius 3 is 1.80 bits per heavy atom. The van der Waals surface area contributed by atoms with Gasteiger partial charge in [0.1, 0.15) is 26.7 Å². The summed E-state index contributed by atoms with van der Waals surface area (Å²) in [6, 6.07) is 3.44. The molecule has 3 nitrogen and oxygen atoms in total. The molecule has 3 aromatic rings. The van der Waals surface area contributed by atoms with E-state index >= 15 is 0 Å². The lowest BCUT2D eigenvalue weighted by atomic mass is 9.98. The first-order valence-corrected chi connectivity index (χ1v) is 4.43. The molecule has 0 saturated heterocycles. The van der Waals surface area contributed by atoms with E-state index in [1.807, 2.05) is 0 Å². The van der Waals surface area contributed by atoms with Crippen molar-refractivity contribution in [3.63, 3.8) is 0 Å². The molecule has 0 aliphatic rings. The standard InChI is InChI=1S/C10H4B2N2O/c11-5-1-7-9(13-3-5)10-8(15-7)2-6(12)4-14-10/h1-4H. The topological polar surface area (TPSA) is 38.9 Å². The fourth-order valence-electron chi connectivity index (χ4n) is 1.55. The summed E-state index contributed by atoms with van der Waals surface area (Å²) in [6.07, 6.45) is 3.16. The van der Waals surface area contributed by atoms with Gasteiger partial charge in [-0.1, -0.05) is 10.9 Å². The fourth-order valence-corrected chi connectivity index (χ4v) is 1.55. The van der Waals surface area contributed by atoms with Gasteiger partial charge < -0.3 is 4.42 Å². The second kappa shape index (κ2) is 2.86. The summed E-state index contributed by atoms with van der Waals surface area (Å²) in [4.78, 5) is 8.35. The Morgan fingerprint density at radius 1 is 0.867 bits per heavy atom. The van der Waals surface area contributed by atoms with Crippen molar-refractivity contribution in [2.24, 2.45) is 0 Å². The van der Waals surface area contributed by atoms with Gasteiger partial charge in [-0.05, 0) is 12.1 Å². The van der Waals surface area contributed by atoms with E-state index in [4.69, 9.17) is 20.1 Å². The molecule has 3 aromatic heterocycles. The van der Waals surface area contributed by atoms with E-state index in [9.17, 15) is 0 Å². The summed E-state index contributed by atoms with van der Waals surface area (Å²) in [5, 5.41) is 0. The summed E-state index contributed by atoms with van der Waals surface area (Å²) in [5.41, 5.74) is 3.80. The van der Waals surface area contributed by atoms with Gasteiger partial charge in [0, 0.05) is 12.4 Å². The van der Waals surface area contributed by atoms with Crippen LogP contribution in [0.25, 0.3) is 22.2 Å². The number of nitrogens with zero attached hydrogens (tertiary/aromatic N) is 2. The Morgan fingerprint density at radius 2 is 1.33 bits per heavy atom. The first-order chi connectivity index (χ1) is 7.24. The summed E-state index contributed by atoms with van der Waals surface area (Å²) >= 11 is 0. The normalized spacial score (nSPS) is 11.2. The van der Waals surface area contributed by atoms with E-state index in [0.717, 1.165) is 0 Å². The highest BCUT2D eigenvalue weighted by Gasteiger charge is 2.08. The number of furan rings is 1. The molecule has 15 heavy (non-hydrogen) atoms. The number of aromatic nitrogens is 2. The summed E-state index contributed by atoms with van der Waals surface area (Å²) < 4.78 is 5.53. The molecule has 3 rings (SSSR count). The molecular formula is C10H4B2N2O. The molecule has 66 valence electrons. The minimum Gasteiger partial charge on any atom is -0.453 e. The maximum Gasteiger partial charge on any atom is 0.154 e. The maximum atomic E-state index is 5.61. The van der Waals surface area contributed by atoms with Crippen molar-refractivity contribution >= 4 is 48.8 Å². The first-order valence-electron chi connectivity index (χ1n) is 4.43. The van der Waals surface area contributed by atoms with E-state index in [1.165, 1.54) is 0 Å². The predicted octanol–water partition coefficient (Wildman–Crippen LogP) is -0.0364. The number of hydrogen-bond donors (Lipinski definition) is 0. The monoisotopic (exact) mass is 190 g/mol. The van der Waals surface area contributed by atoms with Crippen LogP contribution >= 0.6 is 0 Å². The Labute approximate surface area is 88.3 Å². The Balaban J connectivity index is 2.51. The highest BCUT2D eigenvalue weighted by molar-refractivity contribution is 6.33. The molecule has 0 aliphatic heterocycles. The van der Waals surface area contributed by atoms with Crippen LogP contribution in [-0.4, -0.2) is 25.7 Å². The number of fused-ring (bicyclic) bond motifs is 3. The van der Waals surface area contributed by atoms with Crippen molar-refractivity contribution in [3.8, 4) is 0 Å². The molecule has 0 amide bonds. The number of hydrogen-bond acceptors (Lipinski definition) is 3. The van der Waals surface area contributed by atoms with Crippen LogP contribution in [0.4, 0.5) is 0 Å². The van der Waals surface area contributed by atoms with Crippen LogP contribution in [0.2, 0.25) is 0 Å². The molecule has 0 spiro atoms. The van der Waals surface area contributed by atoms with E-state index in [0.29, 0.717) is 33.1 Å². The van der Waals surface area contributed by atoms with Crippen LogP contribution in [0.5, 0.6) is 0 Å². The van der Waals surface area contributed by atoms with Crippen LogP contribution < -0.4 is 10.9 Å². The third-order valence-corrected chi connectivity index (χ3v) is 2.19. The van der Waals surface area contributed by atoms with Gasteiger partial charge in [-0.3, -0.25) is 9.97 Å². The van der Waals surface area contributed by atoms with Gasteiger partial charge in [-0.25, -0.2) is 0 Å². The number of rotatable bonds is 0. The van der Waals surface area contributed by atoms with Gasteiger partial charge in [-0.2, -0.15) is 0 Å². The first kappa shape index (κ1) is 8.53. The lowest BCUT2D eigenvalue weighted by Crippen LogP contribution is -2.02. The van der Waals surface area contributed by atoms with Crippen molar-refractivity contribution in [2.45, 2.75) is 0 Å². The van der Waals surface area contributed by atoms with Gasteiger partial charge in [-0.15, -0.1) is 0 Å². The zero-order valence-electron chi connectivity index (χ0n) is 7.77. The molecule has 0 bridgehead atoms. The Kier molecular flexibility index (Phi) is 1.63. The predicted molar refractivity (Wildman–Crippen MR) is 60.1 cm³/mol. The molecule has 0 fully saturated rings. The van der Waals surface area contributed by atoms with Gasteiger partial charge in [0.2, 0.25) is 0 Å². The molecule has 0 unspecified atom stereocenters. The van der Waals surface area contributed by atoms with Crippen molar-refractivity contribution < 1.29 is 4.42 Å². The van der Waals surface area contributed by atoms with E-state index in [-0.39, 0.29) is 0 Å². The second-order valence-electron chi connectivity index (χ2n) is 3.33. The van der Waals surface area contributed by atoms with Crippen molar-refractivity contribution in [3.05, 3.63) is 24.5 Å². The summed E-state index contributed by atoms with van der Waals surface area (Å²) in [5.74, 6) is 0. The number of pyridine rings is 2. The highest BCUT2D eigenvalue weighted by Crippen LogP contribution is 2.22. The lowest BCUT2D eigenvalue weighted by molar-refractivity contribution is 0.668. The van der Waals surface area contributed by atoms with Crippen LogP contribution in [0, 0.1) is 0 Å². The molecule has 4 radical (unpaired) electrons. The molecular weight excluding hydrogens is 186 g/mol. The summed E-state index contributed by atoms with van der Waals surface area (Å²) in [7, 11) is 11.2. The molecule has 0 atom stereocenters. The smallest absolute Gasteiger partial charge is 0.154 e. The fraction of sp³-hybridized carbons (Fsp3) is 0. The quantitative estimate of drug-likeness (QED) is 0.466. The van der Waals surface area contributed by atoms with Crippen molar-refractivity contribution in [1.82, 2.24) is 9.97 Å². The van der Waals surface area contributed by atoms with Gasteiger partial charge >= 0.3 is 0 Å². The average molecular weight is 190 g/mol. The third-order valence-electron chi connectivity index (χ3n) is 2.19. The zero-order chi connectivity index (χ0) is 10.4. The largest absolute Gasteiger partial charge is 0.453 e. The SMILES string of the molecule is [B]c1cnc2c(c1)oc1cc([B])cnc12. The third kappa shape index (κ3) is 1.23. The molecule has 0 aliphatic carbocycles. The van der Waals surface area contributed by atoms with E-state index < -0.39 is 0 Å². The minimum atomic E-state index is 0.564. The van der Waals surface area contributed by atoms with Gasteiger partial charge in [0.05, 0.1) is 0 Å². The lowest BCUT2D eigenvalue weighted by Gasteiger charge is -1.90. The van der Waals surface area contributed by atoms with Crippen LogP contribution in [-0.2, 0) is 0 Å². The molecule has 0 saturated carbocycles. The molecule has 0 N–H and O–H groups in total.